The Morgan fingerprint density at radius 3 is 1.00 bits per heavy atom. The summed E-state index contributed by atoms with van der Waals surface area (Å²) < 4.78 is 18.9. The largest absolute Gasteiger partial charge is 2.00 e. The molecular formula is C2H6MgN2O8P2. The van der Waals surface area contributed by atoms with Gasteiger partial charge in [-0.2, -0.15) is 0 Å². The number of rotatable bonds is 2. The molecule has 2 atom stereocenters. The summed E-state index contributed by atoms with van der Waals surface area (Å²) in [6.07, 6.45) is 0. The van der Waals surface area contributed by atoms with Gasteiger partial charge in [0.15, 0.2) is 0 Å². The van der Waals surface area contributed by atoms with Crippen LogP contribution in [-0.4, -0.2) is 44.1 Å². The number of hydrogen-bond acceptors (Lipinski definition) is 6. The molecule has 2 amide bonds. The van der Waals surface area contributed by atoms with Crippen molar-refractivity contribution >= 4 is 49.5 Å². The van der Waals surface area contributed by atoms with Crippen molar-refractivity contribution in [1.29, 1.82) is 0 Å². The van der Waals surface area contributed by atoms with Crippen LogP contribution in [0.25, 0.3) is 0 Å². The van der Waals surface area contributed by atoms with E-state index in [1.54, 1.807) is 0 Å². The van der Waals surface area contributed by atoms with Crippen molar-refractivity contribution < 1.29 is 38.3 Å². The van der Waals surface area contributed by atoms with Crippen LogP contribution >= 0.6 is 15.2 Å². The number of carbonyl (C=O) groups is 2. The van der Waals surface area contributed by atoms with E-state index in [0.717, 1.165) is 0 Å². The summed E-state index contributed by atoms with van der Waals surface area (Å²) in [5.41, 5.74) is 4.81. The molecule has 13 heteroatoms. The molecule has 0 aromatic rings. The molecule has 0 saturated carbocycles. The van der Waals surface area contributed by atoms with Crippen molar-refractivity contribution in [3.63, 3.8) is 0 Å². The molecule has 0 aliphatic heterocycles. The molecular weight excluding hydrogens is 266 g/mol. The third-order valence-corrected chi connectivity index (χ3v) is 1.67. The topological polar surface area (TPSA) is 207 Å². The van der Waals surface area contributed by atoms with E-state index in [2.05, 4.69) is 11.5 Å². The minimum absolute atomic E-state index is 0. The van der Waals surface area contributed by atoms with Crippen molar-refractivity contribution in [3.8, 4) is 0 Å². The molecule has 84 valence electrons. The molecule has 0 radical (unpaired) electrons. The average Bonchev–Trinajstić information content (AvgIpc) is 1.83. The quantitative estimate of drug-likeness (QED) is 0.297. The van der Waals surface area contributed by atoms with Crippen LogP contribution in [0, 0.1) is 0 Å². The van der Waals surface area contributed by atoms with Crippen LogP contribution in [-0.2, 0) is 9.13 Å². The second-order valence-corrected chi connectivity index (χ2v) is 4.68. The van der Waals surface area contributed by atoms with Crippen molar-refractivity contribution in [1.82, 2.24) is 0 Å². The fourth-order valence-electron chi connectivity index (χ4n) is 0. The Hall–Kier alpha value is 0.00623. The summed E-state index contributed by atoms with van der Waals surface area (Å²) in [6.45, 7) is 0. The van der Waals surface area contributed by atoms with E-state index < -0.39 is 26.5 Å². The van der Waals surface area contributed by atoms with Crippen LogP contribution in [0.2, 0.25) is 0 Å². The standard InChI is InChI=1S/2CH4NO4P.Mg/c2*2-1(3)7(4,5)6;/h2*(H2,2,3)(H2,4,5,6);/q;;+2/p-2. The summed E-state index contributed by atoms with van der Waals surface area (Å²) in [5.74, 6) is 0. The first kappa shape index (κ1) is 20.4. The zero-order valence-electron chi connectivity index (χ0n) is 7.10. The zero-order valence-corrected chi connectivity index (χ0v) is 10.3. The van der Waals surface area contributed by atoms with E-state index in [-0.39, 0.29) is 23.1 Å². The third kappa shape index (κ3) is 14.0. The van der Waals surface area contributed by atoms with E-state index in [1.165, 1.54) is 0 Å². The Morgan fingerprint density at radius 1 is 0.933 bits per heavy atom. The monoisotopic (exact) mass is 272 g/mol. The summed E-state index contributed by atoms with van der Waals surface area (Å²) in [5, 5.41) is 0. The van der Waals surface area contributed by atoms with E-state index in [9.17, 15) is 28.5 Å². The van der Waals surface area contributed by atoms with Gasteiger partial charge < -0.3 is 31.0 Å². The molecule has 0 fully saturated rings. The molecule has 0 saturated heterocycles. The van der Waals surface area contributed by atoms with Gasteiger partial charge in [0.1, 0.15) is 0 Å². The molecule has 0 aliphatic rings. The predicted octanol–water partition coefficient (Wildman–Crippen LogP) is -3.16. The second kappa shape index (κ2) is 7.31. The Kier molecular flexibility index (Phi) is 9.95. The van der Waals surface area contributed by atoms with E-state index in [0.29, 0.717) is 0 Å². The minimum atomic E-state index is -4.85. The van der Waals surface area contributed by atoms with Gasteiger partial charge >= 0.3 is 23.1 Å². The fraction of sp³-hybridized carbons (Fsp3) is 0. The van der Waals surface area contributed by atoms with E-state index in [4.69, 9.17) is 9.79 Å². The van der Waals surface area contributed by atoms with Crippen LogP contribution < -0.4 is 21.3 Å². The Labute approximate surface area is 99.5 Å². The van der Waals surface area contributed by atoms with E-state index >= 15 is 0 Å². The molecule has 0 rings (SSSR count). The molecule has 2 unspecified atom stereocenters. The molecule has 0 aromatic heterocycles. The molecule has 0 spiro atoms. The van der Waals surface area contributed by atoms with Gasteiger partial charge in [-0.1, -0.05) is 0 Å². The molecule has 15 heavy (non-hydrogen) atoms. The van der Waals surface area contributed by atoms with Gasteiger partial charge in [-0.25, -0.2) is 0 Å². The summed E-state index contributed by atoms with van der Waals surface area (Å²) >= 11 is 0. The van der Waals surface area contributed by atoms with Crippen LogP contribution in [0.15, 0.2) is 0 Å². The van der Waals surface area contributed by atoms with Gasteiger partial charge in [-0.15, -0.1) is 0 Å². The Balaban J connectivity index is -0.000000180. The normalized spacial score (nSPS) is 16.8. The molecule has 0 bridgehead atoms. The van der Waals surface area contributed by atoms with Crippen LogP contribution in [0.5, 0.6) is 0 Å². The smallest absolute Gasteiger partial charge is 0.772 e. The first-order valence-corrected chi connectivity index (χ1v) is 5.72. The molecule has 10 nitrogen and oxygen atoms in total. The summed E-state index contributed by atoms with van der Waals surface area (Å²) in [6, 6.07) is 0. The molecule has 0 aromatic carbocycles. The zero-order chi connectivity index (χ0) is 12.2. The van der Waals surface area contributed by atoms with Crippen LogP contribution in [0.1, 0.15) is 0 Å². The maximum absolute atomic E-state index is 9.44. The van der Waals surface area contributed by atoms with Crippen LogP contribution in [0.4, 0.5) is 9.59 Å². The minimum Gasteiger partial charge on any atom is -0.772 e. The summed E-state index contributed by atoms with van der Waals surface area (Å²) in [7, 11) is -9.70. The maximum Gasteiger partial charge on any atom is 2.00 e. The molecule has 0 aliphatic carbocycles. The number of carbonyl (C=O) groups excluding carboxylic acids is 2. The van der Waals surface area contributed by atoms with Gasteiger partial charge in [0.2, 0.25) is 15.2 Å². The van der Waals surface area contributed by atoms with Crippen molar-refractivity contribution in [2.75, 3.05) is 0 Å². The number of primary amides is 2. The number of nitrogens with two attached hydrogens (primary N) is 2. The maximum atomic E-state index is 9.44. The molecule has 6 N–H and O–H groups in total. The number of amides is 2. The van der Waals surface area contributed by atoms with Gasteiger partial charge in [-0.3, -0.25) is 18.7 Å². The third-order valence-electron chi connectivity index (χ3n) is 0.557. The first-order chi connectivity index (χ1) is 5.89. The van der Waals surface area contributed by atoms with Gasteiger partial charge in [0.05, 0.1) is 0 Å². The fourth-order valence-corrected chi connectivity index (χ4v) is 0. The van der Waals surface area contributed by atoms with E-state index in [1.807, 2.05) is 0 Å². The second-order valence-electron chi connectivity index (χ2n) is 1.72. The predicted molar refractivity (Wildman–Crippen MR) is 44.6 cm³/mol. The Bertz CT molecular complexity index is 285. The van der Waals surface area contributed by atoms with Gasteiger partial charge in [-0.05, 0) is 0 Å². The van der Waals surface area contributed by atoms with Gasteiger partial charge in [0, 0.05) is 0 Å². The van der Waals surface area contributed by atoms with Gasteiger partial charge in [0.25, 0.3) is 11.3 Å². The SMILES string of the molecule is NC(=O)P(=O)([O-])O.NC(=O)P(=O)([O-])O.[Mg+2]. The Morgan fingerprint density at radius 2 is 1.00 bits per heavy atom. The van der Waals surface area contributed by atoms with Crippen molar-refractivity contribution in [2.45, 2.75) is 0 Å². The van der Waals surface area contributed by atoms with Crippen molar-refractivity contribution in [2.24, 2.45) is 11.5 Å². The summed E-state index contributed by atoms with van der Waals surface area (Å²) in [4.78, 5) is 53.0. The number of hydrogen-bond donors (Lipinski definition) is 4. The van der Waals surface area contributed by atoms with Crippen molar-refractivity contribution in [3.05, 3.63) is 0 Å². The molecule has 0 heterocycles. The average molecular weight is 272 g/mol. The first-order valence-electron chi connectivity index (χ1n) is 2.56. The van der Waals surface area contributed by atoms with Crippen LogP contribution in [0.3, 0.4) is 0 Å².